The van der Waals surface area contributed by atoms with Gasteiger partial charge in [0, 0.05) is 17.5 Å². The van der Waals surface area contributed by atoms with E-state index in [2.05, 4.69) is 81.4 Å². The van der Waals surface area contributed by atoms with E-state index in [-0.39, 0.29) is 39.6 Å². The number of benzene rings is 3. The summed E-state index contributed by atoms with van der Waals surface area (Å²) in [5, 5.41) is 42.9. The molecule has 0 amide bonds. The van der Waals surface area contributed by atoms with Gasteiger partial charge in [0.15, 0.2) is 0 Å². The molecule has 0 aliphatic heterocycles. The van der Waals surface area contributed by atoms with Crippen LogP contribution in [-0.2, 0) is 17.3 Å². The van der Waals surface area contributed by atoms with Gasteiger partial charge in [-0.05, 0) is 89.8 Å². The summed E-state index contributed by atoms with van der Waals surface area (Å²) in [6.07, 6.45) is 5.97. The molecule has 260 valence electrons. The summed E-state index contributed by atoms with van der Waals surface area (Å²) < 4.78 is 0. The zero-order chi connectivity index (χ0) is 36.1. The molecule has 0 fully saturated rings. The summed E-state index contributed by atoms with van der Waals surface area (Å²) in [5.74, 6) is 0.167. The highest BCUT2D eigenvalue weighted by Crippen LogP contribution is 2.43. The average Bonchev–Trinajstić information content (AvgIpc) is 3.55. The van der Waals surface area contributed by atoms with E-state index in [0.717, 1.165) is 46.4 Å². The van der Waals surface area contributed by atoms with Crippen LogP contribution in [0.3, 0.4) is 0 Å². The van der Waals surface area contributed by atoms with E-state index < -0.39 is 0 Å². The van der Waals surface area contributed by atoms with Crippen LogP contribution >= 0.6 is 0 Å². The van der Waals surface area contributed by atoms with E-state index in [4.69, 9.17) is 20.4 Å². The van der Waals surface area contributed by atoms with Gasteiger partial charge in [0.1, 0.15) is 39.6 Å². The summed E-state index contributed by atoms with van der Waals surface area (Å²) in [6.45, 7) is 26.3. The molecule has 0 aliphatic rings. The van der Waals surface area contributed by atoms with Crippen LogP contribution in [0.4, 0.5) is 0 Å². The zero-order valence-corrected chi connectivity index (χ0v) is 31.5. The molecule has 8 nitrogen and oxygen atoms in total. The first kappa shape index (κ1) is 35.8. The van der Waals surface area contributed by atoms with E-state index >= 15 is 0 Å². The molecule has 0 atom stereocenters. The topological polar surface area (TPSA) is 102 Å². The molecule has 0 radical (unpaired) electrons. The van der Waals surface area contributed by atoms with Crippen molar-refractivity contribution in [2.24, 2.45) is 10.8 Å². The Morgan fingerprint density at radius 1 is 0.633 bits per heavy atom. The molecule has 5 aromatic rings. The maximum atomic E-state index is 12.0. The summed E-state index contributed by atoms with van der Waals surface area (Å²) >= 11 is 0. The van der Waals surface area contributed by atoms with Crippen LogP contribution in [0, 0.1) is 17.8 Å². The molecule has 49 heavy (non-hydrogen) atoms. The zero-order valence-electron chi connectivity index (χ0n) is 31.5. The highest BCUT2D eigenvalue weighted by Gasteiger charge is 2.32. The lowest BCUT2D eigenvalue weighted by atomic mass is 9.71. The Morgan fingerprint density at radius 2 is 1.06 bits per heavy atom. The second kappa shape index (κ2) is 12.8. The number of phenolic OH excluding ortho intramolecular Hbond substituents is 2. The smallest absolute Gasteiger partial charge is 0.146 e. The first-order chi connectivity index (χ1) is 22.7. The normalized spacial score (nSPS) is 13.2. The average molecular weight is 663 g/mol. The van der Waals surface area contributed by atoms with Crippen molar-refractivity contribution in [1.29, 1.82) is 0 Å². The lowest BCUT2D eigenvalue weighted by Gasteiger charge is -2.34. The molecule has 0 aliphatic carbocycles. The van der Waals surface area contributed by atoms with Crippen LogP contribution in [0.25, 0.3) is 28.5 Å². The Morgan fingerprint density at radius 3 is 1.47 bits per heavy atom. The molecule has 2 N–H and O–H groups in total. The lowest BCUT2D eigenvalue weighted by molar-refractivity contribution is 0.283. The van der Waals surface area contributed by atoms with Crippen molar-refractivity contribution >= 4 is 17.1 Å². The molecule has 0 unspecified atom stereocenters. The van der Waals surface area contributed by atoms with Crippen molar-refractivity contribution in [3.05, 3.63) is 88.2 Å². The second-order valence-electron chi connectivity index (χ2n) is 17.4. The molecule has 0 bridgehead atoms. The third-order valence-electron chi connectivity index (χ3n) is 9.09. The fraction of sp³-hybridized carbons (Fsp3) is 0.463. The van der Waals surface area contributed by atoms with E-state index in [1.54, 1.807) is 0 Å². The second-order valence-corrected chi connectivity index (χ2v) is 17.4. The van der Waals surface area contributed by atoms with Gasteiger partial charge in [-0.1, -0.05) is 99.6 Å². The summed E-state index contributed by atoms with van der Waals surface area (Å²) in [7, 11) is 0. The predicted molar refractivity (Wildman–Crippen MR) is 200 cm³/mol. The first-order valence-electron chi connectivity index (χ1n) is 17.3. The van der Waals surface area contributed by atoms with Crippen LogP contribution in [0.5, 0.6) is 11.5 Å². The molecule has 2 heterocycles. The van der Waals surface area contributed by atoms with Crippen molar-refractivity contribution in [3.8, 4) is 22.9 Å². The van der Waals surface area contributed by atoms with Gasteiger partial charge >= 0.3 is 0 Å². The van der Waals surface area contributed by atoms with Crippen molar-refractivity contribution in [2.75, 3.05) is 0 Å². The van der Waals surface area contributed by atoms with Gasteiger partial charge in [-0.2, -0.15) is 5.10 Å². The lowest BCUT2D eigenvalue weighted by Crippen LogP contribution is -2.25. The quantitative estimate of drug-likeness (QED) is 0.163. The number of hydrogen-bond donors (Lipinski definition) is 2. The number of aromatic nitrogens is 6. The minimum Gasteiger partial charge on any atom is -0.505 e. The maximum Gasteiger partial charge on any atom is 0.146 e. The highest BCUT2D eigenvalue weighted by molar-refractivity contribution is 5.74. The van der Waals surface area contributed by atoms with E-state index in [9.17, 15) is 10.2 Å². The molecule has 8 heteroatoms. The summed E-state index contributed by atoms with van der Waals surface area (Å²) in [5.41, 5.74) is 7.22. The summed E-state index contributed by atoms with van der Waals surface area (Å²) in [4.78, 5) is 3.07. The van der Waals surface area contributed by atoms with Crippen LogP contribution in [0.15, 0.2) is 54.6 Å². The van der Waals surface area contributed by atoms with Crippen LogP contribution in [0.2, 0.25) is 0 Å². The first-order valence-corrected chi connectivity index (χ1v) is 17.3. The Balaban J connectivity index is 1.73. The minimum atomic E-state index is -0.231. The maximum absolute atomic E-state index is 12.0. The van der Waals surface area contributed by atoms with E-state index in [1.165, 1.54) is 9.59 Å². The summed E-state index contributed by atoms with van der Waals surface area (Å²) in [6, 6.07) is 15.9. The van der Waals surface area contributed by atoms with Crippen molar-refractivity contribution < 1.29 is 10.2 Å². The van der Waals surface area contributed by atoms with Crippen molar-refractivity contribution in [1.82, 2.24) is 30.0 Å². The third-order valence-corrected chi connectivity index (χ3v) is 9.09. The third kappa shape index (κ3) is 7.90. The Labute approximate surface area is 291 Å². The van der Waals surface area contributed by atoms with Gasteiger partial charge in [0.2, 0.25) is 0 Å². The molecule has 2 aromatic heterocycles. The van der Waals surface area contributed by atoms with Crippen LogP contribution in [0.1, 0.15) is 123 Å². The number of rotatable bonds is 9. The fourth-order valence-corrected chi connectivity index (χ4v) is 7.55. The van der Waals surface area contributed by atoms with Gasteiger partial charge in [-0.3, -0.25) is 0 Å². The van der Waals surface area contributed by atoms with Gasteiger partial charge in [0.25, 0.3) is 0 Å². The largest absolute Gasteiger partial charge is 0.505 e. The number of aryl methyl sites for hydroxylation is 1. The molecule has 5 rings (SSSR count). The van der Waals surface area contributed by atoms with E-state index in [1.807, 2.05) is 62.4 Å². The standard InChI is InChI=1S/C41H54N6O2/c1-13-16-31-26(2)42-46(43-31)34-22-29(40(9,10)24-38(3,4)5)20-27(36(34)48)19-28-21-30(41(11,12)25-39(6,7)8)23-35(37(28)49)47-44-32-17-14-15-18-33(32)45-47/h13-18,20-23,48-49H,19,24-25H2,1-12H3. The van der Waals surface area contributed by atoms with Crippen LogP contribution < -0.4 is 0 Å². The Kier molecular flexibility index (Phi) is 9.34. The molecule has 0 spiro atoms. The number of phenols is 2. The van der Waals surface area contributed by atoms with E-state index in [0.29, 0.717) is 22.5 Å². The molecular weight excluding hydrogens is 608 g/mol. The Bertz CT molecular complexity index is 1980. The highest BCUT2D eigenvalue weighted by atomic mass is 16.3. The molecular formula is C41H54N6O2. The monoisotopic (exact) mass is 662 g/mol. The fourth-order valence-electron chi connectivity index (χ4n) is 7.55. The minimum absolute atomic E-state index is 0.0706. The van der Waals surface area contributed by atoms with Gasteiger partial charge in [0.05, 0.1) is 5.69 Å². The molecule has 3 aromatic carbocycles. The van der Waals surface area contributed by atoms with Crippen LogP contribution in [-0.4, -0.2) is 40.2 Å². The van der Waals surface area contributed by atoms with Gasteiger partial charge < -0.3 is 10.2 Å². The number of fused-ring (bicyclic) bond motifs is 1. The number of allylic oxidation sites excluding steroid dienone is 1. The number of aromatic hydroxyl groups is 2. The number of nitrogens with zero attached hydrogens (tertiary/aromatic N) is 6. The van der Waals surface area contributed by atoms with Crippen molar-refractivity contribution in [2.45, 2.75) is 113 Å². The number of hydrogen-bond acceptors (Lipinski definition) is 6. The van der Waals surface area contributed by atoms with Crippen molar-refractivity contribution in [3.63, 3.8) is 0 Å². The Hall–Kier alpha value is -4.46. The van der Waals surface area contributed by atoms with Gasteiger partial charge in [-0.15, -0.1) is 24.9 Å². The molecule has 0 saturated heterocycles. The van der Waals surface area contributed by atoms with Gasteiger partial charge in [-0.25, -0.2) is 0 Å². The molecule has 0 saturated carbocycles. The SMILES string of the molecule is CC=Cc1nn(-c2cc(C(C)(C)CC(C)(C)C)cc(Cc3cc(C(C)(C)CC(C)(C)C)cc(-n4nc5ccccc5n4)c3O)c2O)nc1C. The predicted octanol–water partition coefficient (Wildman–Crippen LogP) is 9.77.